The van der Waals surface area contributed by atoms with Crippen molar-refractivity contribution >= 4 is 29.1 Å². The lowest BCUT2D eigenvalue weighted by Crippen LogP contribution is -2.41. The van der Waals surface area contributed by atoms with Gasteiger partial charge in [-0.05, 0) is 44.0 Å². The minimum absolute atomic E-state index is 0.100. The van der Waals surface area contributed by atoms with E-state index in [1.165, 1.54) is 18.2 Å². The number of likely N-dealkylation sites (tertiary alicyclic amines) is 1. The zero-order valence-electron chi connectivity index (χ0n) is 15.6. The molecule has 148 valence electrons. The van der Waals surface area contributed by atoms with Crippen LogP contribution in [0, 0.1) is 11.7 Å². The smallest absolute Gasteiger partial charge is 0.257 e. The molecule has 0 atom stereocenters. The molecule has 1 fully saturated rings. The van der Waals surface area contributed by atoms with Crippen molar-refractivity contribution in [2.75, 3.05) is 25.0 Å². The van der Waals surface area contributed by atoms with E-state index in [2.05, 4.69) is 5.32 Å². The Morgan fingerprint density at radius 2 is 1.93 bits per heavy atom. The second-order valence-corrected chi connectivity index (χ2v) is 7.02. The van der Waals surface area contributed by atoms with Gasteiger partial charge < -0.3 is 15.0 Å². The van der Waals surface area contributed by atoms with Crippen LogP contribution in [0.3, 0.4) is 0 Å². The van der Waals surface area contributed by atoms with Crippen molar-refractivity contribution in [1.82, 2.24) is 4.90 Å². The second kappa shape index (κ2) is 9.06. The standard InChI is InChI=1S/C21H22ClFN2O3/c1-2-28-19-13-15(23)7-8-16(19)21(27)25-11-9-14(10-12-25)20(26)24-18-6-4-3-5-17(18)22/h3-8,13-14H,2,9-12H2,1H3,(H,24,26). The van der Waals surface area contributed by atoms with Gasteiger partial charge in [0.25, 0.3) is 5.91 Å². The molecule has 3 rings (SSSR count). The van der Waals surface area contributed by atoms with Crippen LogP contribution in [0.25, 0.3) is 0 Å². The maximum absolute atomic E-state index is 13.5. The van der Waals surface area contributed by atoms with Crippen LogP contribution < -0.4 is 10.1 Å². The van der Waals surface area contributed by atoms with Crippen molar-refractivity contribution in [2.45, 2.75) is 19.8 Å². The van der Waals surface area contributed by atoms with Crippen LogP contribution in [0.15, 0.2) is 42.5 Å². The summed E-state index contributed by atoms with van der Waals surface area (Å²) in [6.07, 6.45) is 1.10. The number of nitrogens with one attached hydrogen (secondary N) is 1. The molecule has 28 heavy (non-hydrogen) atoms. The van der Waals surface area contributed by atoms with Gasteiger partial charge in [-0.25, -0.2) is 4.39 Å². The third kappa shape index (κ3) is 4.62. The van der Waals surface area contributed by atoms with Gasteiger partial charge in [-0.2, -0.15) is 0 Å². The Labute approximate surface area is 168 Å². The van der Waals surface area contributed by atoms with E-state index < -0.39 is 5.82 Å². The lowest BCUT2D eigenvalue weighted by Gasteiger charge is -2.31. The van der Waals surface area contributed by atoms with Crippen LogP contribution in [0.1, 0.15) is 30.1 Å². The fourth-order valence-corrected chi connectivity index (χ4v) is 3.44. The van der Waals surface area contributed by atoms with Crippen LogP contribution in [-0.2, 0) is 4.79 Å². The number of carbonyl (C=O) groups is 2. The highest BCUT2D eigenvalue weighted by atomic mass is 35.5. The summed E-state index contributed by atoms with van der Waals surface area (Å²) in [7, 11) is 0. The zero-order chi connectivity index (χ0) is 20.1. The lowest BCUT2D eigenvalue weighted by molar-refractivity contribution is -0.121. The molecule has 0 aliphatic carbocycles. The van der Waals surface area contributed by atoms with E-state index in [1.54, 1.807) is 36.1 Å². The Balaban J connectivity index is 1.61. The molecule has 2 amide bonds. The van der Waals surface area contributed by atoms with Gasteiger partial charge in [0, 0.05) is 25.1 Å². The van der Waals surface area contributed by atoms with Crippen molar-refractivity contribution in [3.63, 3.8) is 0 Å². The van der Waals surface area contributed by atoms with Gasteiger partial charge >= 0.3 is 0 Å². The molecule has 1 heterocycles. The summed E-state index contributed by atoms with van der Waals surface area (Å²) in [6.45, 7) is 3.01. The molecular weight excluding hydrogens is 383 g/mol. The average molecular weight is 405 g/mol. The topological polar surface area (TPSA) is 58.6 Å². The number of amides is 2. The number of carbonyl (C=O) groups excluding carboxylic acids is 2. The summed E-state index contributed by atoms with van der Waals surface area (Å²) in [6, 6.07) is 11.0. The average Bonchev–Trinajstić information content (AvgIpc) is 2.70. The summed E-state index contributed by atoms with van der Waals surface area (Å²) >= 11 is 6.09. The van der Waals surface area contributed by atoms with E-state index in [0.29, 0.717) is 48.8 Å². The summed E-state index contributed by atoms with van der Waals surface area (Å²) in [5.74, 6) is -0.716. The molecule has 1 aliphatic rings. The maximum Gasteiger partial charge on any atom is 0.257 e. The first-order valence-electron chi connectivity index (χ1n) is 9.26. The van der Waals surface area contributed by atoms with E-state index in [1.807, 2.05) is 0 Å². The van der Waals surface area contributed by atoms with Gasteiger partial charge in [0.1, 0.15) is 11.6 Å². The van der Waals surface area contributed by atoms with E-state index in [0.717, 1.165) is 0 Å². The van der Waals surface area contributed by atoms with Crippen LogP contribution in [0.5, 0.6) is 5.75 Å². The third-order valence-electron chi connectivity index (χ3n) is 4.76. The monoisotopic (exact) mass is 404 g/mol. The number of para-hydroxylation sites is 1. The number of piperidine rings is 1. The fourth-order valence-electron chi connectivity index (χ4n) is 3.26. The molecule has 0 aromatic heterocycles. The minimum atomic E-state index is -0.449. The van der Waals surface area contributed by atoms with E-state index in [4.69, 9.17) is 16.3 Å². The normalized spacial score (nSPS) is 14.6. The van der Waals surface area contributed by atoms with Crippen LogP contribution in [-0.4, -0.2) is 36.4 Å². The third-order valence-corrected chi connectivity index (χ3v) is 5.09. The highest BCUT2D eigenvalue weighted by Gasteiger charge is 2.29. The fraction of sp³-hybridized carbons (Fsp3) is 0.333. The maximum atomic E-state index is 13.5. The molecule has 1 N–H and O–H groups in total. The van der Waals surface area contributed by atoms with Gasteiger partial charge in [-0.1, -0.05) is 23.7 Å². The molecular formula is C21H22ClFN2O3. The van der Waals surface area contributed by atoms with Crippen molar-refractivity contribution < 1.29 is 18.7 Å². The Morgan fingerprint density at radius 3 is 2.61 bits per heavy atom. The molecule has 2 aromatic carbocycles. The Morgan fingerprint density at radius 1 is 1.21 bits per heavy atom. The number of halogens is 2. The number of hydrogen-bond donors (Lipinski definition) is 1. The molecule has 2 aromatic rings. The first-order chi connectivity index (χ1) is 13.5. The molecule has 1 saturated heterocycles. The Kier molecular flexibility index (Phi) is 6.52. The summed E-state index contributed by atoms with van der Waals surface area (Å²) in [4.78, 5) is 27.0. The van der Waals surface area contributed by atoms with Crippen LogP contribution in [0.2, 0.25) is 5.02 Å². The highest BCUT2D eigenvalue weighted by Crippen LogP contribution is 2.27. The van der Waals surface area contributed by atoms with Crippen molar-refractivity contribution in [1.29, 1.82) is 0 Å². The Hall–Kier alpha value is -2.60. The van der Waals surface area contributed by atoms with Crippen molar-refractivity contribution in [3.05, 3.63) is 58.9 Å². The van der Waals surface area contributed by atoms with E-state index >= 15 is 0 Å². The molecule has 0 bridgehead atoms. The molecule has 0 radical (unpaired) electrons. The highest BCUT2D eigenvalue weighted by molar-refractivity contribution is 6.33. The zero-order valence-corrected chi connectivity index (χ0v) is 16.3. The molecule has 0 saturated carbocycles. The first-order valence-corrected chi connectivity index (χ1v) is 9.64. The Bertz CT molecular complexity index is 866. The molecule has 7 heteroatoms. The number of nitrogens with zero attached hydrogens (tertiary/aromatic N) is 1. The van der Waals surface area contributed by atoms with Gasteiger partial charge in [-0.15, -0.1) is 0 Å². The summed E-state index contributed by atoms with van der Waals surface area (Å²) in [5, 5.41) is 3.34. The van der Waals surface area contributed by atoms with Gasteiger partial charge in [0.15, 0.2) is 0 Å². The number of hydrogen-bond acceptors (Lipinski definition) is 3. The molecule has 5 nitrogen and oxygen atoms in total. The van der Waals surface area contributed by atoms with Crippen LogP contribution >= 0.6 is 11.6 Å². The van der Waals surface area contributed by atoms with Gasteiger partial charge in [0.05, 0.1) is 22.9 Å². The van der Waals surface area contributed by atoms with E-state index in [-0.39, 0.29) is 23.5 Å². The van der Waals surface area contributed by atoms with Crippen molar-refractivity contribution in [3.8, 4) is 5.75 Å². The summed E-state index contributed by atoms with van der Waals surface area (Å²) in [5.41, 5.74) is 0.919. The second-order valence-electron chi connectivity index (χ2n) is 6.61. The largest absolute Gasteiger partial charge is 0.493 e. The number of rotatable bonds is 5. The molecule has 1 aliphatic heterocycles. The SMILES string of the molecule is CCOc1cc(F)ccc1C(=O)N1CCC(C(=O)Nc2ccccc2Cl)CC1. The molecule has 0 spiro atoms. The first kappa shape index (κ1) is 20.1. The predicted octanol–water partition coefficient (Wildman–Crippen LogP) is 4.37. The number of anilines is 1. The predicted molar refractivity (Wildman–Crippen MR) is 106 cm³/mol. The van der Waals surface area contributed by atoms with Gasteiger partial charge in [0.2, 0.25) is 5.91 Å². The lowest BCUT2D eigenvalue weighted by atomic mass is 9.95. The van der Waals surface area contributed by atoms with Gasteiger partial charge in [-0.3, -0.25) is 9.59 Å². The quantitative estimate of drug-likeness (QED) is 0.805. The number of ether oxygens (including phenoxy) is 1. The minimum Gasteiger partial charge on any atom is -0.493 e. The number of benzene rings is 2. The van der Waals surface area contributed by atoms with Crippen LogP contribution in [0.4, 0.5) is 10.1 Å². The molecule has 0 unspecified atom stereocenters. The van der Waals surface area contributed by atoms with Crippen molar-refractivity contribution in [2.24, 2.45) is 5.92 Å². The van der Waals surface area contributed by atoms with E-state index in [9.17, 15) is 14.0 Å². The summed E-state index contributed by atoms with van der Waals surface area (Å²) < 4.78 is 18.9.